The van der Waals surface area contributed by atoms with Crippen LogP contribution < -0.4 is 4.90 Å². The zero-order valence-electron chi connectivity index (χ0n) is 13.5. The summed E-state index contributed by atoms with van der Waals surface area (Å²) in [5.41, 5.74) is 0.821. The number of amides is 1. The van der Waals surface area contributed by atoms with E-state index >= 15 is 0 Å². The Kier molecular flexibility index (Phi) is 3.68. The maximum atomic E-state index is 12.5. The normalized spacial score (nSPS) is 17.9. The van der Waals surface area contributed by atoms with Crippen LogP contribution in [-0.4, -0.2) is 34.6 Å². The quantitative estimate of drug-likeness (QED) is 0.783. The lowest BCUT2D eigenvalue weighted by atomic mass is 9.93. The molecule has 23 heavy (non-hydrogen) atoms. The number of rotatable bonds is 0. The Hall–Kier alpha value is -2.27. The highest BCUT2D eigenvalue weighted by molar-refractivity contribution is 6.00. The molecule has 1 aliphatic heterocycles. The predicted molar refractivity (Wildman–Crippen MR) is 88.9 cm³/mol. The lowest BCUT2D eigenvalue weighted by Crippen LogP contribution is -2.45. The van der Waals surface area contributed by atoms with Gasteiger partial charge in [0.1, 0.15) is 11.4 Å². The van der Waals surface area contributed by atoms with Gasteiger partial charge in [-0.1, -0.05) is 24.3 Å². The second kappa shape index (κ2) is 5.42. The van der Waals surface area contributed by atoms with Gasteiger partial charge in [0, 0.05) is 17.9 Å². The van der Waals surface area contributed by atoms with Crippen molar-refractivity contribution in [2.45, 2.75) is 38.9 Å². The molecule has 1 unspecified atom stereocenters. The maximum absolute atomic E-state index is 12.5. The van der Waals surface area contributed by atoms with Crippen LogP contribution in [0.3, 0.4) is 0 Å². The van der Waals surface area contributed by atoms with Crippen LogP contribution in [-0.2, 0) is 11.2 Å². The molecule has 1 atom stereocenters. The van der Waals surface area contributed by atoms with Crippen LogP contribution in [0, 0.1) is 0 Å². The zero-order valence-corrected chi connectivity index (χ0v) is 13.5. The van der Waals surface area contributed by atoms with E-state index in [9.17, 15) is 15.0 Å². The second-order valence-corrected chi connectivity index (χ2v) is 6.89. The molecule has 5 nitrogen and oxygen atoms in total. The summed E-state index contributed by atoms with van der Waals surface area (Å²) in [6, 6.07) is 9.01. The van der Waals surface area contributed by atoms with Crippen LogP contribution in [0.5, 0.6) is 5.75 Å². The number of aromatic hydroxyl groups is 1. The highest BCUT2D eigenvalue weighted by Gasteiger charge is 2.32. The molecule has 1 aliphatic rings. The first kappa shape index (κ1) is 15.6. The van der Waals surface area contributed by atoms with Gasteiger partial charge in [-0.15, -0.1) is 0 Å². The minimum Gasteiger partial charge on any atom is -0.507 e. The van der Waals surface area contributed by atoms with Crippen LogP contribution in [0.4, 0.5) is 10.5 Å². The summed E-state index contributed by atoms with van der Waals surface area (Å²) in [4.78, 5) is 13.9. The van der Waals surface area contributed by atoms with E-state index in [1.807, 2.05) is 24.3 Å². The van der Waals surface area contributed by atoms with Gasteiger partial charge in [-0.2, -0.15) is 0 Å². The number of nitrogens with zero attached hydrogens (tertiary/aromatic N) is 1. The fourth-order valence-electron chi connectivity index (χ4n) is 2.96. The monoisotopic (exact) mass is 315 g/mol. The van der Waals surface area contributed by atoms with E-state index in [4.69, 9.17) is 4.74 Å². The molecule has 2 aromatic rings. The Bertz CT molecular complexity index is 763. The number of aliphatic hydroxyl groups excluding tert-OH is 1. The number of carbonyl (C=O) groups is 1. The molecule has 0 saturated heterocycles. The second-order valence-electron chi connectivity index (χ2n) is 6.89. The van der Waals surface area contributed by atoms with Crippen molar-refractivity contribution in [2.24, 2.45) is 0 Å². The van der Waals surface area contributed by atoms with E-state index in [0.29, 0.717) is 17.5 Å². The molecule has 0 aromatic heterocycles. The smallest absolute Gasteiger partial charge is 0.414 e. The number of phenolic OH excluding ortho intramolecular Hbond substituents is 1. The number of ether oxygens (including phenoxy) is 1. The van der Waals surface area contributed by atoms with Crippen molar-refractivity contribution < 1.29 is 19.7 Å². The predicted octanol–water partition coefficient (Wildman–Crippen LogP) is 3.20. The fraction of sp³-hybridized carbons (Fsp3) is 0.389. The number of β-amino-alcohol motifs (C(OH)–C–C–N with tert-alkyl or cyclic N) is 1. The van der Waals surface area contributed by atoms with Crippen molar-refractivity contribution in [2.75, 3.05) is 11.4 Å². The Balaban J connectivity index is 2.12. The summed E-state index contributed by atoms with van der Waals surface area (Å²) >= 11 is 0. The van der Waals surface area contributed by atoms with Crippen LogP contribution in [0.1, 0.15) is 26.3 Å². The van der Waals surface area contributed by atoms with Gasteiger partial charge >= 0.3 is 6.09 Å². The van der Waals surface area contributed by atoms with E-state index in [1.54, 1.807) is 26.8 Å². The summed E-state index contributed by atoms with van der Waals surface area (Å²) in [5, 5.41) is 22.0. The van der Waals surface area contributed by atoms with Crippen molar-refractivity contribution in [3.8, 4) is 5.75 Å². The van der Waals surface area contributed by atoms with E-state index in [0.717, 1.165) is 10.9 Å². The first-order chi connectivity index (χ1) is 10.8. The number of hydrogen-bond acceptors (Lipinski definition) is 4. The minimum atomic E-state index is -0.664. The maximum Gasteiger partial charge on any atom is 0.414 e. The number of benzene rings is 2. The molecule has 0 saturated carbocycles. The molecule has 2 N–H and O–H groups in total. The Morgan fingerprint density at radius 1 is 1.26 bits per heavy atom. The molecule has 1 heterocycles. The summed E-state index contributed by atoms with van der Waals surface area (Å²) in [6.45, 7) is 5.54. The molecular formula is C18H21NO4. The zero-order chi connectivity index (χ0) is 16.8. The number of fused-ring (bicyclic) bond motifs is 3. The Labute approximate surface area is 135 Å². The third kappa shape index (κ3) is 2.97. The third-order valence-corrected chi connectivity index (χ3v) is 3.85. The van der Waals surface area contributed by atoms with Gasteiger partial charge < -0.3 is 14.9 Å². The molecule has 0 bridgehead atoms. The number of phenols is 1. The van der Waals surface area contributed by atoms with Gasteiger partial charge in [-0.25, -0.2) is 4.79 Å². The highest BCUT2D eigenvalue weighted by Crippen LogP contribution is 2.39. The molecule has 0 aliphatic carbocycles. The van der Waals surface area contributed by atoms with Crippen molar-refractivity contribution in [1.82, 2.24) is 0 Å². The van der Waals surface area contributed by atoms with Crippen molar-refractivity contribution in [3.63, 3.8) is 0 Å². The highest BCUT2D eigenvalue weighted by atomic mass is 16.6. The van der Waals surface area contributed by atoms with E-state index < -0.39 is 17.8 Å². The standard InChI is InChI=1S/C18H21NO4/c1-18(2,3)23-17(22)19-10-11(20)8-14-12-6-4-5-7-13(12)16(21)9-15(14)19/h4-7,9,11,20-21H,8,10H2,1-3H3. The Morgan fingerprint density at radius 3 is 2.57 bits per heavy atom. The SMILES string of the molecule is CC(C)(C)OC(=O)N1CC(O)Cc2c1cc(O)c1ccccc21. The summed E-state index contributed by atoms with van der Waals surface area (Å²) < 4.78 is 5.43. The molecule has 5 heteroatoms. The van der Waals surface area contributed by atoms with Gasteiger partial charge in [-0.05, 0) is 31.7 Å². The number of aliphatic hydroxyl groups is 1. The molecule has 122 valence electrons. The first-order valence-electron chi connectivity index (χ1n) is 7.68. The third-order valence-electron chi connectivity index (χ3n) is 3.85. The van der Waals surface area contributed by atoms with Gasteiger partial charge in [0.05, 0.1) is 18.3 Å². The average Bonchev–Trinajstić information content (AvgIpc) is 2.46. The molecule has 3 rings (SSSR count). The summed E-state index contributed by atoms with van der Waals surface area (Å²) in [7, 11) is 0. The van der Waals surface area contributed by atoms with Gasteiger partial charge in [0.25, 0.3) is 0 Å². The van der Waals surface area contributed by atoms with Crippen LogP contribution in [0.25, 0.3) is 10.8 Å². The largest absolute Gasteiger partial charge is 0.507 e. The molecule has 0 fully saturated rings. The van der Waals surface area contributed by atoms with Crippen molar-refractivity contribution in [3.05, 3.63) is 35.9 Å². The number of hydrogen-bond donors (Lipinski definition) is 2. The van der Waals surface area contributed by atoms with Gasteiger partial charge in [0.2, 0.25) is 0 Å². The van der Waals surface area contributed by atoms with Gasteiger partial charge in [0.15, 0.2) is 0 Å². The molecule has 1 amide bonds. The summed E-state index contributed by atoms with van der Waals surface area (Å²) in [6.07, 6.45) is -0.745. The van der Waals surface area contributed by atoms with Crippen LogP contribution in [0.15, 0.2) is 30.3 Å². The van der Waals surface area contributed by atoms with Crippen LogP contribution >= 0.6 is 0 Å². The molecule has 0 spiro atoms. The fourth-order valence-corrected chi connectivity index (χ4v) is 2.96. The Morgan fingerprint density at radius 2 is 1.91 bits per heavy atom. The van der Waals surface area contributed by atoms with E-state index in [1.165, 1.54) is 4.90 Å². The molecular weight excluding hydrogens is 294 g/mol. The van der Waals surface area contributed by atoms with Crippen molar-refractivity contribution in [1.29, 1.82) is 0 Å². The topological polar surface area (TPSA) is 70.0 Å². The van der Waals surface area contributed by atoms with E-state index in [-0.39, 0.29) is 12.3 Å². The molecule has 2 aromatic carbocycles. The number of anilines is 1. The number of carbonyl (C=O) groups excluding carboxylic acids is 1. The average molecular weight is 315 g/mol. The minimum absolute atomic E-state index is 0.115. The van der Waals surface area contributed by atoms with Crippen LogP contribution in [0.2, 0.25) is 0 Å². The lowest BCUT2D eigenvalue weighted by molar-refractivity contribution is 0.0549. The van der Waals surface area contributed by atoms with E-state index in [2.05, 4.69) is 0 Å². The lowest BCUT2D eigenvalue weighted by Gasteiger charge is -2.34. The molecule has 0 radical (unpaired) electrons. The first-order valence-corrected chi connectivity index (χ1v) is 7.68. The van der Waals surface area contributed by atoms with Crippen molar-refractivity contribution >= 4 is 22.6 Å². The van der Waals surface area contributed by atoms with Gasteiger partial charge in [-0.3, -0.25) is 4.90 Å². The summed E-state index contributed by atoms with van der Waals surface area (Å²) in [5.74, 6) is 0.115.